The molecule has 1 aromatic carbocycles. The minimum absolute atomic E-state index is 0.428. The van der Waals surface area contributed by atoms with Crippen LogP contribution in [0.25, 0.3) is 0 Å². The Kier molecular flexibility index (Phi) is 5.67. The van der Waals surface area contributed by atoms with Crippen molar-refractivity contribution >= 4 is 23.6 Å². The summed E-state index contributed by atoms with van der Waals surface area (Å²) in [4.78, 5) is 13.2. The van der Waals surface area contributed by atoms with Crippen molar-refractivity contribution in [2.45, 2.75) is 20.3 Å². The lowest BCUT2D eigenvalue weighted by molar-refractivity contribution is 0.112. The molecule has 0 aliphatic rings. The first-order valence-corrected chi connectivity index (χ1v) is 6.33. The third-order valence-corrected chi connectivity index (χ3v) is 2.90. The first-order chi connectivity index (χ1) is 8.60. The van der Waals surface area contributed by atoms with E-state index in [2.05, 4.69) is 19.9 Å². The fourth-order valence-electron chi connectivity index (χ4n) is 1.85. The number of carbonyl (C=O) groups is 1. The average Bonchev–Trinajstić information content (AvgIpc) is 2.33. The number of hydrogen-bond donors (Lipinski definition) is 0. The van der Waals surface area contributed by atoms with Crippen LogP contribution in [0.4, 0.5) is 5.69 Å². The molecule has 0 saturated heterocycles. The standard InChI is InChI=1S/C14H17ClN2O/c1-11(2)9-17(8-4-7-16)14-6-3-5-13(15)12(14)10-18/h3,5-6,10-11H,4,8-9H2,1-2H3. The summed E-state index contributed by atoms with van der Waals surface area (Å²) in [6.45, 7) is 5.60. The van der Waals surface area contributed by atoms with Gasteiger partial charge in [-0.3, -0.25) is 4.79 Å². The highest BCUT2D eigenvalue weighted by atomic mass is 35.5. The molecule has 3 nitrogen and oxygen atoms in total. The minimum Gasteiger partial charge on any atom is -0.370 e. The fraction of sp³-hybridized carbons (Fsp3) is 0.429. The van der Waals surface area contributed by atoms with E-state index in [1.54, 1.807) is 6.07 Å². The van der Waals surface area contributed by atoms with E-state index in [1.807, 2.05) is 17.0 Å². The third-order valence-electron chi connectivity index (χ3n) is 2.57. The molecule has 0 fully saturated rings. The Morgan fingerprint density at radius 1 is 1.50 bits per heavy atom. The van der Waals surface area contributed by atoms with Crippen molar-refractivity contribution in [1.82, 2.24) is 0 Å². The molecule has 0 aromatic heterocycles. The second kappa shape index (κ2) is 7.03. The number of halogens is 1. The van der Waals surface area contributed by atoms with Crippen LogP contribution in [0.2, 0.25) is 5.02 Å². The second-order valence-electron chi connectivity index (χ2n) is 4.54. The Hall–Kier alpha value is -1.53. The van der Waals surface area contributed by atoms with Gasteiger partial charge < -0.3 is 4.90 Å². The number of nitrogens with zero attached hydrogens (tertiary/aromatic N) is 2. The van der Waals surface area contributed by atoms with Gasteiger partial charge in [-0.25, -0.2) is 0 Å². The van der Waals surface area contributed by atoms with Gasteiger partial charge >= 0.3 is 0 Å². The normalized spacial score (nSPS) is 10.2. The molecule has 0 aliphatic heterocycles. The summed E-state index contributed by atoms with van der Waals surface area (Å²) in [5.74, 6) is 0.446. The van der Waals surface area contributed by atoms with E-state index in [1.165, 1.54) is 0 Å². The van der Waals surface area contributed by atoms with Gasteiger partial charge in [-0.05, 0) is 18.1 Å². The molecule has 0 atom stereocenters. The monoisotopic (exact) mass is 264 g/mol. The van der Waals surface area contributed by atoms with Crippen molar-refractivity contribution in [3.8, 4) is 6.07 Å². The van der Waals surface area contributed by atoms with Gasteiger partial charge in [0, 0.05) is 18.8 Å². The van der Waals surface area contributed by atoms with E-state index >= 15 is 0 Å². The summed E-state index contributed by atoms with van der Waals surface area (Å²) in [6.07, 6.45) is 1.20. The predicted molar refractivity (Wildman–Crippen MR) is 74.1 cm³/mol. The van der Waals surface area contributed by atoms with Crippen LogP contribution >= 0.6 is 11.6 Å². The van der Waals surface area contributed by atoms with Crippen molar-refractivity contribution in [2.24, 2.45) is 5.92 Å². The van der Waals surface area contributed by atoms with E-state index in [0.717, 1.165) is 18.5 Å². The van der Waals surface area contributed by atoms with Crippen molar-refractivity contribution in [1.29, 1.82) is 5.26 Å². The van der Waals surface area contributed by atoms with E-state index in [4.69, 9.17) is 16.9 Å². The molecule has 0 radical (unpaired) electrons. The lowest BCUT2D eigenvalue weighted by atomic mass is 10.1. The molecular weight excluding hydrogens is 248 g/mol. The van der Waals surface area contributed by atoms with Gasteiger partial charge in [0.2, 0.25) is 0 Å². The van der Waals surface area contributed by atoms with E-state index in [9.17, 15) is 4.79 Å². The molecule has 4 heteroatoms. The highest BCUT2D eigenvalue weighted by Crippen LogP contribution is 2.26. The average molecular weight is 265 g/mol. The van der Waals surface area contributed by atoms with Crippen LogP contribution in [0.3, 0.4) is 0 Å². The number of hydrogen-bond acceptors (Lipinski definition) is 3. The maximum atomic E-state index is 11.1. The molecule has 0 saturated carbocycles. The number of rotatable bonds is 6. The maximum Gasteiger partial charge on any atom is 0.153 e. The van der Waals surface area contributed by atoms with E-state index < -0.39 is 0 Å². The smallest absolute Gasteiger partial charge is 0.153 e. The molecule has 0 heterocycles. The first kappa shape index (κ1) is 14.5. The topological polar surface area (TPSA) is 44.1 Å². The quantitative estimate of drug-likeness (QED) is 0.739. The molecule has 0 N–H and O–H groups in total. The van der Waals surface area contributed by atoms with Gasteiger partial charge in [-0.2, -0.15) is 5.26 Å². The molecule has 0 unspecified atom stereocenters. The highest BCUT2D eigenvalue weighted by Gasteiger charge is 2.14. The van der Waals surface area contributed by atoms with Gasteiger partial charge in [0.05, 0.1) is 23.1 Å². The number of anilines is 1. The van der Waals surface area contributed by atoms with Gasteiger partial charge in [-0.1, -0.05) is 31.5 Å². The second-order valence-corrected chi connectivity index (χ2v) is 4.95. The minimum atomic E-state index is 0.428. The van der Waals surface area contributed by atoms with Crippen molar-refractivity contribution in [3.63, 3.8) is 0 Å². The Labute approximate surface area is 113 Å². The van der Waals surface area contributed by atoms with Crippen LogP contribution in [0.5, 0.6) is 0 Å². The van der Waals surface area contributed by atoms with Crippen molar-refractivity contribution < 1.29 is 4.79 Å². The van der Waals surface area contributed by atoms with Crippen molar-refractivity contribution in [3.05, 3.63) is 28.8 Å². The van der Waals surface area contributed by atoms with Gasteiger partial charge in [-0.15, -0.1) is 0 Å². The van der Waals surface area contributed by atoms with E-state index in [0.29, 0.717) is 29.5 Å². The molecule has 0 amide bonds. The lowest BCUT2D eigenvalue weighted by Crippen LogP contribution is -2.29. The summed E-state index contributed by atoms with van der Waals surface area (Å²) < 4.78 is 0. The highest BCUT2D eigenvalue weighted by molar-refractivity contribution is 6.33. The summed E-state index contributed by atoms with van der Waals surface area (Å²) in [6, 6.07) is 7.53. The van der Waals surface area contributed by atoms with E-state index in [-0.39, 0.29) is 0 Å². The Morgan fingerprint density at radius 2 is 2.22 bits per heavy atom. The zero-order valence-corrected chi connectivity index (χ0v) is 11.4. The lowest BCUT2D eigenvalue weighted by Gasteiger charge is -2.27. The van der Waals surface area contributed by atoms with Crippen LogP contribution in [0.15, 0.2) is 18.2 Å². The van der Waals surface area contributed by atoms with Gasteiger partial charge in [0.25, 0.3) is 0 Å². The van der Waals surface area contributed by atoms with Gasteiger partial charge in [0.15, 0.2) is 6.29 Å². The summed E-state index contributed by atoms with van der Waals surface area (Å²) in [7, 11) is 0. The number of aldehydes is 1. The number of benzene rings is 1. The van der Waals surface area contributed by atoms with Crippen LogP contribution < -0.4 is 4.90 Å². The Bertz CT molecular complexity index is 452. The molecule has 0 bridgehead atoms. The number of nitriles is 1. The SMILES string of the molecule is CC(C)CN(CCC#N)c1cccc(Cl)c1C=O. The van der Waals surface area contributed by atoms with Crippen LogP contribution in [0, 0.1) is 17.2 Å². The number of carbonyl (C=O) groups excluding carboxylic acids is 1. The molecule has 0 spiro atoms. The van der Waals surface area contributed by atoms with Crippen molar-refractivity contribution in [2.75, 3.05) is 18.0 Å². The first-order valence-electron chi connectivity index (χ1n) is 5.95. The fourth-order valence-corrected chi connectivity index (χ4v) is 2.07. The molecule has 96 valence electrons. The molecule has 18 heavy (non-hydrogen) atoms. The third kappa shape index (κ3) is 3.75. The Balaban J connectivity index is 3.07. The Morgan fingerprint density at radius 3 is 2.78 bits per heavy atom. The molecule has 1 aromatic rings. The summed E-state index contributed by atoms with van der Waals surface area (Å²) >= 11 is 6.02. The summed E-state index contributed by atoms with van der Waals surface area (Å²) in [5.41, 5.74) is 1.30. The van der Waals surface area contributed by atoms with Crippen LogP contribution in [-0.4, -0.2) is 19.4 Å². The maximum absolute atomic E-state index is 11.1. The van der Waals surface area contributed by atoms with Gasteiger partial charge in [0.1, 0.15) is 0 Å². The zero-order chi connectivity index (χ0) is 13.5. The predicted octanol–water partition coefficient (Wildman–Crippen LogP) is 3.53. The molecule has 0 aliphatic carbocycles. The molecular formula is C14H17ClN2O. The largest absolute Gasteiger partial charge is 0.370 e. The summed E-state index contributed by atoms with van der Waals surface area (Å²) in [5, 5.41) is 9.16. The zero-order valence-electron chi connectivity index (χ0n) is 10.7. The van der Waals surface area contributed by atoms with Crippen LogP contribution in [-0.2, 0) is 0 Å². The van der Waals surface area contributed by atoms with Crippen LogP contribution in [0.1, 0.15) is 30.6 Å². The molecule has 1 rings (SSSR count).